The molecular weight excluding hydrogens is 211 g/mol. The van der Waals surface area contributed by atoms with E-state index in [4.69, 9.17) is 23.2 Å². The number of nitrogens with zero attached hydrogens (tertiary/aromatic N) is 2. The van der Waals surface area contributed by atoms with Crippen LogP contribution in [0.4, 0.5) is 0 Å². The Morgan fingerprint density at radius 3 is 2.00 bits per heavy atom. The molecule has 0 aromatic rings. The molecule has 0 spiro atoms. The van der Waals surface area contributed by atoms with Crippen molar-refractivity contribution in [3.63, 3.8) is 0 Å². The highest BCUT2D eigenvalue weighted by Crippen LogP contribution is 1.94. The van der Waals surface area contributed by atoms with Crippen molar-refractivity contribution >= 4 is 34.7 Å². The molecule has 0 aliphatic heterocycles. The molecular formula is C8H14Cl2N2O. The Morgan fingerprint density at radius 2 is 1.69 bits per heavy atom. The van der Waals surface area contributed by atoms with Crippen LogP contribution in [-0.2, 0) is 4.79 Å². The van der Waals surface area contributed by atoms with E-state index < -0.39 is 0 Å². The molecule has 0 rings (SSSR count). The first-order valence-corrected chi connectivity index (χ1v) is 5.11. The molecule has 0 unspecified atom stereocenters. The summed E-state index contributed by atoms with van der Waals surface area (Å²) in [6.45, 7) is 4.38. The maximum Gasteiger partial charge on any atom is 0.175 e. The molecule has 0 saturated carbocycles. The molecule has 76 valence electrons. The number of ketones is 1. The standard InChI is InChI=1S/C8H14Cl2N2O/c1-7(8(2)13)11-12(5-3-9)6-4-10/h3-6H2,1-2H3. The minimum Gasteiger partial charge on any atom is -0.294 e. The third kappa shape index (κ3) is 5.88. The second-order valence-corrected chi connectivity index (χ2v) is 3.33. The Balaban J connectivity index is 4.20. The average molecular weight is 225 g/mol. The van der Waals surface area contributed by atoms with Gasteiger partial charge in [0.05, 0.1) is 5.71 Å². The van der Waals surface area contributed by atoms with Gasteiger partial charge in [-0.15, -0.1) is 23.2 Å². The smallest absolute Gasteiger partial charge is 0.175 e. The number of carbonyl (C=O) groups is 1. The van der Waals surface area contributed by atoms with Crippen LogP contribution in [0, 0.1) is 0 Å². The van der Waals surface area contributed by atoms with Crippen LogP contribution in [0.15, 0.2) is 5.10 Å². The number of Topliss-reactive ketones (excluding diaryl/α,β-unsaturated/α-hetero) is 1. The van der Waals surface area contributed by atoms with Gasteiger partial charge in [0, 0.05) is 31.8 Å². The third-order valence-electron chi connectivity index (χ3n) is 1.49. The summed E-state index contributed by atoms with van der Waals surface area (Å²) in [5.74, 6) is 0.922. The van der Waals surface area contributed by atoms with Crippen molar-refractivity contribution in [2.24, 2.45) is 5.10 Å². The summed E-state index contributed by atoms with van der Waals surface area (Å²) in [6.07, 6.45) is 0. The van der Waals surface area contributed by atoms with Crippen LogP contribution in [0.2, 0.25) is 0 Å². The molecule has 0 aromatic heterocycles. The molecule has 0 aliphatic rings. The van der Waals surface area contributed by atoms with E-state index in [1.807, 2.05) is 0 Å². The van der Waals surface area contributed by atoms with Crippen LogP contribution in [0.3, 0.4) is 0 Å². The van der Waals surface area contributed by atoms with Gasteiger partial charge in [-0.25, -0.2) is 0 Å². The normalized spacial score (nSPS) is 11.5. The lowest BCUT2D eigenvalue weighted by Gasteiger charge is -2.16. The number of hydrazone groups is 1. The second kappa shape index (κ2) is 7.15. The van der Waals surface area contributed by atoms with Crippen LogP contribution in [0.1, 0.15) is 13.8 Å². The molecule has 0 atom stereocenters. The predicted molar refractivity (Wildman–Crippen MR) is 56.8 cm³/mol. The van der Waals surface area contributed by atoms with E-state index in [2.05, 4.69) is 5.10 Å². The molecule has 0 N–H and O–H groups in total. The largest absolute Gasteiger partial charge is 0.294 e. The number of carbonyl (C=O) groups excluding carboxylic acids is 1. The van der Waals surface area contributed by atoms with Gasteiger partial charge in [0.1, 0.15) is 0 Å². The summed E-state index contributed by atoms with van der Waals surface area (Å²) in [6, 6.07) is 0. The third-order valence-corrected chi connectivity index (χ3v) is 1.82. The van der Waals surface area contributed by atoms with E-state index in [1.54, 1.807) is 11.9 Å². The van der Waals surface area contributed by atoms with Gasteiger partial charge in [-0.2, -0.15) is 5.10 Å². The topological polar surface area (TPSA) is 32.7 Å². The molecule has 0 saturated heterocycles. The van der Waals surface area contributed by atoms with Crippen molar-refractivity contribution in [1.82, 2.24) is 5.01 Å². The summed E-state index contributed by atoms with van der Waals surface area (Å²) in [7, 11) is 0. The molecule has 0 fully saturated rings. The van der Waals surface area contributed by atoms with Crippen molar-refractivity contribution in [3.05, 3.63) is 0 Å². The summed E-state index contributed by atoms with van der Waals surface area (Å²) in [4.78, 5) is 10.9. The number of hydrogen-bond acceptors (Lipinski definition) is 3. The molecule has 0 aliphatic carbocycles. The first-order chi connectivity index (χ1) is 6.11. The maximum atomic E-state index is 10.9. The Bertz CT molecular complexity index is 189. The van der Waals surface area contributed by atoms with Gasteiger partial charge in [0.15, 0.2) is 5.78 Å². The lowest BCUT2D eigenvalue weighted by atomic mass is 10.3. The fourth-order valence-corrected chi connectivity index (χ4v) is 1.08. The minimum absolute atomic E-state index is 0.0332. The minimum atomic E-state index is -0.0332. The highest BCUT2D eigenvalue weighted by Gasteiger charge is 2.03. The highest BCUT2D eigenvalue weighted by molar-refractivity contribution is 6.37. The Labute approximate surface area is 88.7 Å². The molecule has 0 amide bonds. The molecule has 0 aromatic carbocycles. The Kier molecular flexibility index (Phi) is 7.00. The summed E-state index contributed by atoms with van der Waals surface area (Å²) in [5, 5.41) is 5.79. The van der Waals surface area contributed by atoms with Crippen LogP contribution in [0.5, 0.6) is 0 Å². The van der Waals surface area contributed by atoms with E-state index in [1.165, 1.54) is 6.92 Å². The lowest BCUT2D eigenvalue weighted by molar-refractivity contribution is -0.111. The zero-order chi connectivity index (χ0) is 10.3. The predicted octanol–water partition coefficient (Wildman–Crippen LogP) is 1.73. The average Bonchev–Trinajstić information content (AvgIpc) is 2.05. The zero-order valence-corrected chi connectivity index (χ0v) is 9.40. The van der Waals surface area contributed by atoms with Crippen molar-refractivity contribution in [3.8, 4) is 0 Å². The molecule has 3 nitrogen and oxygen atoms in total. The Hall–Kier alpha value is -0.280. The molecule has 0 radical (unpaired) electrons. The number of rotatable bonds is 6. The van der Waals surface area contributed by atoms with Crippen LogP contribution >= 0.6 is 23.2 Å². The quantitative estimate of drug-likeness (QED) is 0.391. The van der Waals surface area contributed by atoms with E-state index in [0.717, 1.165) is 0 Å². The van der Waals surface area contributed by atoms with Gasteiger partial charge in [0.25, 0.3) is 0 Å². The summed E-state index contributed by atoms with van der Waals surface area (Å²) in [5.41, 5.74) is 0.482. The van der Waals surface area contributed by atoms with E-state index >= 15 is 0 Å². The van der Waals surface area contributed by atoms with E-state index in [0.29, 0.717) is 30.6 Å². The molecule has 0 bridgehead atoms. The SMILES string of the molecule is CC(=O)C(C)=NN(CCCl)CCCl. The summed E-state index contributed by atoms with van der Waals surface area (Å²) >= 11 is 11.1. The van der Waals surface area contributed by atoms with Crippen molar-refractivity contribution in [2.45, 2.75) is 13.8 Å². The molecule has 5 heteroatoms. The van der Waals surface area contributed by atoms with Gasteiger partial charge in [-0.3, -0.25) is 9.80 Å². The summed E-state index contributed by atoms with van der Waals surface area (Å²) < 4.78 is 0. The number of halogens is 2. The van der Waals surface area contributed by atoms with Crippen LogP contribution < -0.4 is 0 Å². The van der Waals surface area contributed by atoms with Gasteiger partial charge in [-0.05, 0) is 6.92 Å². The second-order valence-electron chi connectivity index (χ2n) is 2.57. The van der Waals surface area contributed by atoms with Gasteiger partial charge in [-0.1, -0.05) is 0 Å². The van der Waals surface area contributed by atoms with Crippen molar-refractivity contribution < 1.29 is 4.79 Å². The molecule has 13 heavy (non-hydrogen) atoms. The molecule has 0 heterocycles. The lowest BCUT2D eigenvalue weighted by Crippen LogP contribution is -2.25. The first kappa shape index (κ1) is 12.7. The number of hydrogen-bond donors (Lipinski definition) is 0. The fraction of sp³-hybridized carbons (Fsp3) is 0.750. The van der Waals surface area contributed by atoms with Crippen LogP contribution in [0.25, 0.3) is 0 Å². The fourth-order valence-electron chi connectivity index (χ4n) is 0.689. The Morgan fingerprint density at radius 1 is 1.23 bits per heavy atom. The van der Waals surface area contributed by atoms with Gasteiger partial charge < -0.3 is 0 Å². The van der Waals surface area contributed by atoms with Crippen molar-refractivity contribution in [2.75, 3.05) is 24.8 Å². The number of alkyl halides is 2. The van der Waals surface area contributed by atoms with Gasteiger partial charge in [0.2, 0.25) is 0 Å². The van der Waals surface area contributed by atoms with E-state index in [-0.39, 0.29) is 5.78 Å². The maximum absolute atomic E-state index is 10.9. The zero-order valence-electron chi connectivity index (χ0n) is 7.89. The van der Waals surface area contributed by atoms with Crippen LogP contribution in [-0.4, -0.2) is 41.4 Å². The highest BCUT2D eigenvalue weighted by atomic mass is 35.5. The first-order valence-electron chi connectivity index (χ1n) is 4.04. The monoisotopic (exact) mass is 224 g/mol. The van der Waals surface area contributed by atoms with E-state index in [9.17, 15) is 4.79 Å². The van der Waals surface area contributed by atoms with Crippen molar-refractivity contribution in [1.29, 1.82) is 0 Å². The van der Waals surface area contributed by atoms with Gasteiger partial charge >= 0.3 is 0 Å².